The number of carbonyl (C=O) groups excluding carboxylic acids is 2. The fourth-order valence-corrected chi connectivity index (χ4v) is 2.90. The number of nitrogens with zero attached hydrogens (tertiary/aromatic N) is 2. The fraction of sp³-hybridized carbons (Fsp3) is 0.250. The van der Waals surface area contributed by atoms with Crippen LogP contribution in [0.15, 0.2) is 42.6 Å². The molecule has 0 radical (unpaired) electrons. The van der Waals surface area contributed by atoms with Gasteiger partial charge in [-0.3, -0.25) is 9.78 Å². The van der Waals surface area contributed by atoms with Crippen LogP contribution in [-0.2, 0) is 11.8 Å². The van der Waals surface area contributed by atoms with Crippen LogP contribution in [0, 0.1) is 0 Å². The van der Waals surface area contributed by atoms with Crippen molar-refractivity contribution >= 4 is 22.8 Å². The molecule has 0 bridgehead atoms. The third-order valence-electron chi connectivity index (χ3n) is 4.07. The highest BCUT2D eigenvalue weighted by Gasteiger charge is 2.17. The maximum Gasteiger partial charge on any atom is 0.354 e. The predicted octanol–water partition coefficient (Wildman–Crippen LogP) is 2.35. The van der Waals surface area contributed by atoms with Crippen LogP contribution in [0.1, 0.15) is 27.9 Å². The highest BCUT2D eigenvalue weighted by Crippen LogP contribution is 2.31. The molecule has 0 aliphatic heterocycles. The Morgan fingerprint density at radius 1 is 1.22 bits per heavy atom. The number of hydrogen-bond acceptors (Lipinski definition) is 5. The molecule has 1 aromatic carbocycles. The third kappa shape index (κ3) is 3.98. The smallest absolute Gasteiger partial charge is 0.354 e. The van der Waals surface area contributed by atoms with Crippen LogP contribution in [0.3, 0.4) is 0 Å². The standard InChI is InChI=1S/C19H19N3O3.CH5N/c1-4-25-19(24)16-11-13-6-5-7-14(17(13)22(16)3)12-8-9-21-15(10-12)18(23)20-2;1-2/h5-11H,4H2,1-3H3,(H,20,23);2H2,1H3. The summed E-state index contributed by atoms with van der Waals surface area (Å²) in [6.45, 7) is 2.11. The lowest BCUT2D eigenvalue weighted by atomic mass is 10.0. The number of para-hydroxylation sites is 1. The van der Waals surface area contributed by atoms with Crippen molar-refractivity contribution in [2.24, 2.45) is 12.8 Å². The van der Waals surface area contributed by atoms with Crippen LogP contribution in [0.4, 0.5) is 0 Å². The van der Waals surface area contributed by atoms with Gasteiger partial charge in [-0.25, -0.2) is 4.79 Å². The first-order valence-electron chi connectivity index (χ1n) is 8.58. The number of nitrogens with two attached hydrogens (primary N) is 1. The van der Waals surface area contributed by atoms with E-state index in [1.165, 1.54) is 7.05 Å². The highest BCUT2D eigenvalue weighted by atomic mass is 16.5. The normalized spacial score (nSPS) is 10.1. The van der Waals surface area contributed by atoms with Gasteiger partial charge < -0.3 is 20.4 Å². The van der Waals surface area contributed by atoms with Crippen molar-refractivity contribution in [1.29, 1.82) is 0 Å². The molecule has 7 nitrogen and oxygen atoms in total. The van der Waals surface area contributed by atoms with Gasteiger partial charge in [-0.2, -0.15) is 0 Å². The molecule has 3 aromatic rings. The minimum absolute atomic E-state index is 0.242. The molecule has 3 N–H and O–H groups in total. The van der Waals surface area contributed by atoms with Crippen molar-refractivity contribution in [3.63, 3.8) is 0 Å². The number of rotatable bonds is 4. The van der Waals surface area contributed by atoms with Crippen molar-refractivity contribution < 1.29 is 14.3 Å². The van der Waals surface area contributed by atoms with Crippen molar-refractivity contribution in [3.05, 3.63) is 54.0 Å². The molecular formula is C20H24N4O3. The molecule has 1 amide bonds. The molecule has 27 heavy (non-hydrogen) atoms. The quantitative estimate of drug-likeness (QED) is 0.689. The number of benzene rings is 1. The summed E-state index contributed by atoms with van der Waals surface area (Å²) >= 11 is 0. The van der Waals surface area contributed by atoms with Crippen molar-refractivity contribution in [2.75, 3.05) is 20.7 Å². The molecule has 7 heteroatoms. The number of aromatic nitrogens is 2. The summed E-state index contributed by atoms with van der Waals surface area (Å²) in [5, 5.41) is 3.51. The predicted molar refractivity (Wildman–Crippen MR) is 106 cm³/mol. The number of amides is 1. The largest absolute Gasteiger partial charge is 0.461 e. The average Bonchev–Trinajstić information content (AvgIpc) is 3.06. The fourth-order valence-electron chi connectivity index (χ4n) is 2.90. The summed E-state index contributed by atoms with van der Waals surface area (Å²) in [4.78, 5) is 28.1. The first kappa shape index (κ1) is 20.1. The number of pyridine rings is 1. The van der Waals surface area contributed by atoms with Gasteiger partial charge in [0.25, 0.3) is 5.91 Å². The van der Waals surface area contributed by atoms with Gasteiger partial charge in [-0.1, -0.05) is 18.2 Å². The average molecular weight is 368 g/mol. The highest BCUT2D eigenvalue weighted by molar-refractivity contribution is 6.02. The van der Waals surface area contributed by atoms with E-state index in [9.17, 15) is 9.59 Å². The molecule has 2 aromatic heterocycles. The Hall–Kier alpha value is -3.19. The van der Waals surface area contributed by atoms with Gasteiger partial charge in [0.1, 0.15) is 11.4 Å². The topological polar surface area (TPSA) is 99.2 Å². The molecule has 2 heterocycles. The second-order valence-corrected chi connectivity index (χ2v) is 5.56. The Morgan fingerprint density at radius 3 is 2.63 bits per heavy atom. The molecule has 0 saturated heterocycles. The first-order valence-corrected chi connectivity index (χ1v) is 8.58. The van der Waals surface area contributed by atoms with Crippen molar-refractivity contribution in [2.45, 2.75) is 6.92 Å². The molecule has 142 valence electrons. The lowest BCUT2D eigenvalue weighted by molar-refractivity contribution is 0.0515. The van der Waals surface area contributed by atoms with Gasteiger partial charge in [-0.05, 0) is 37.7 Å². The van der Waals surface area contributed by atoms with Crippen LogP contribution in [0.5, 0.6) is 0 Å². The van der Waals surface area contributed by atoms with Crippen LogP contribution in [0.2, 0.25) is 0 Å². The molecule has 0 unspecified atom stereocenters. The zero-order valence-electron chi connectivity index (χ0n) is 15.9. The molecule has 3 rings (SSSR count). The maximum atomic E-state index is 12.2. The van der Waals surface area contributed by atoms with Crippen LogP contribution >= 0.6 is 0 Å². The molecule has 0 aliphatic rings. The first-order chi connectivity index (χ1) is 13.1. The Bertz CT molecular complexity index is 963. The Kier molecular flexibility index (Phi) is 6.67. The van der Waals surface area contributed by atoms with E-state index in [1.54, 1.807) is 26.2 Å². The van der Waals surface area contributed by atoms with Crippen LogP contribution in [0.25, 0.3) is 22.0 Å². The maximum absolute atomic E-state index is 12.2. The van der Waals surface area contributed by atoms with Crippen LogP contribution < -0.4 is 11.1 Å². The summed E-state index contributed by atoms with van der Waals surface area (Å²) in [6.07, 6.45) is 1.61. The number of aryl methyl sites for hydroxylation is 1. The van der Waals surface area contributed by atoms with Gasteiger partial charge in [0.05, 0.1) is 12.1 Å². The lowest BCUT2D eigenvalue weighted by Gasteiger charge is -2.09. The van der Waals surface area contributed by atoms with Crippen molar-refractivity contribution in [1.82, 2.24) is 14.9 Å². The zero-order valence-corrected chi connectivity index (χ0v) is 15.9. The number of ether oxygens (including phenoxy) is 1. The molecule has 0 spiro atoms. The summed E-state index contributed by atoms with van der Waals surface area (Å²) in [6, 6.07) is 11.2. The number of nitrogens with one attached hydrogen (secondary N) is 1. The summed E-state index contributed by atoms with van der Waals surface area (Å²) < 4.78 is 6.95. The summed E-state index contributed by atoms with van der Waals surface area (Å²) in [5.74, 6) is -0.596. The van der Waals surface area contributed by atoms with Gasteiger partial charge >= 0.3 is 5.97 Å². The molecule has 0 aliphatic carbocycles. The van der Waals surface area contributed by atoms with E-state index >= 15 is 0 Å². The minimum Gasteiger partial charge on any atom is -0.461 e. The summed E-state index contributed by atoms with van der Waals surface area (Å²) in [5.41, 5.74) is 8.01. The lowest BCUT2D eigenvalue weighted by Crippen LogP contribution is -2.19. The number of fused-ring (bicyclic) bond motifs is 1. The molecule has 0 fully saturated rings. The minimum atomic E-state index is -0.354. The number of hydrogen-bond donors (Lipinski definition) is 2. The Balaban J connectivity index is 0.00000126. The van der Waals surface area contributed by atoms with E-state index in [4.69, 9.17) is 4.74 Å². The van der Waals surface area contributed by atoms with E-state index in [2.05, 4.69) is 16.0 Å². The van der Waals surface area contributed by atoms with E-state index in [0.717, 1.165) is 22.0 Å². The second kappa shape index (κ2) is 8.95. The number of esters is 1. The Morgan fingerprint density at radius 2 is 1.96 bits per heavy atom. The van der Waals surface area contributed by atoms with Crippen LogP contribution in [-0.4, -0.2) is 42.1 Å². The molecular weight excluding hydrogens is 344 g/mol. The van der Waals surface area contributed by atoms with Gasteiger partial charge in [0, 0.05) is 31.2 Å². The van der Waals surface area contributed by atoms with Crippen molar-refractivity contribution in [3.8, 4) is 11.1 Å². The third-order valence-corrected chi connectivity index (χ3v) is 4.07. The molecule has 0 atom stereocenters. The van der Waals surface area contributed by atoms with E-state index in [0.29, 0.717) is 18.0 Å². The number of carbonyl (C=O) groups is 2. The van der Waals surface area contributed by atoms with E-state index in [1.807, 2.05) is 41.9 Å². The Labute approximate surface area is 158 Å². The zero-order chi connectivity index (χ0) is 20.0. The summed E-state index contributed by atoms with van der Waals surface area (Å²) in [7, 11) is 4.90. The van der Waals surface area contributed by atoms with E-state index < -0.39 is 0 Å². The van der Waals surface area contributed by atoms with E-state index in [-0.39, 0.29) is 11.9 Å². The van der Waals surface area contributed by atoms with Gasteiger partial charge in [0.15, 0.2) is 0 Å². The van der Waals surface area contributed by atoms with Gasteiger partial charge in [0.2, 0.25) is 0 Å². The second-order valence-electron chi connectivity index (χ2n) is 5.56. The van der Waals surface area contributed by atoms with Gasteiger partial charge in [-0.15, -0.1) is 0 Å². The molecule has 0 saturated carbocycles. The SMILES string of the molecule is CCOC(=O)c1cc2cccc(-c3ccnc(C(=O)NC)c3)c2n1C.CN. The monoisotopic (exact) mass is 368 g/mol.